The van der Waals surface area contributed by atoms with Crippen molar-refractivity contribution in [1.82, 2.24) is 0 Å². The Kier molecular flexibility index (Phi) is 4.37. The lowest BCUT2D eigenvalue weighted by atomic mass is 9.96. The summed E-state index contributed by atoms with van der Waals surface area (Å²) in [5.74, 6) is 0. The van der Waals surface area contributed by atoms with E-state index in [1.807, 2.05) is 0 Å². The van der Waals surface area contributed by atoms with E-state index in [0.29, 0.717) is 0 Å². The lowest BCUT2D eigenvalue weighted by molar-refractivity contribution is 0.884. The van der Waals surface area contributed by atoms with E-state index in [-0.39, 0.29) is 0 Å². The SMILES string of the molecule is Cc1cc(C)c(CCC[Si](C)(C)C)c(C)c1. The molecule has 16 heavy (non-hydrogen) atoms. The summed E-state index contributed by atoms with van der Waals surface area (Å²) in [6, 6.07) is 6.08. The van der Waals surface area contributed by atoms with Crippen LogP contribution in [0.1, 0.15) is 28.7 Å². The predicted molar refractivity (Wildman–Crippen MR) is 77.1 cm³/mol. The fourth-order valence-corrected chi connectivity index (χ4v) is 3.64. The smallest absolute Gasteiger partial charge is 0.0442 e. The summed E-state index contributed by atoms with van der Waals surface area (Å²) in [4.78, 5) is 0. The average molecular weight is 234 g/mol. The summed E-state index contributed by atoms with van der Waals surface area (Å²) < 4.78 is 0. The standard InChI is InChI=1S/C15H26Si/c1-12-10-13(2)15(14(3)11-12)8-7-9-16(4,5)6/h10-11H,7-9H2,1-6H3. The topological polar surface area (TPSA) is 0 Å². The van der Waals surface area contributed by atoms with Crippen LogP contribution in [-0.2, 0) is 6.42 Å². The number of hydrogen-bond acceptors (Lipinski definition) is 0. The number of hydrogen-bond donors (Lipinski definition) is 0. The average Bonchev–Trinajstić information content (AvgIpc) is 2.07. The van der Waals surface area contributed by atoms with Crippen LogP contribution >= 0.6 is 0 Å². The minimum absolute atomic E-state index is 0.857. The Morgan fingerprint density at radius 1 is 0.938 bits per heavy atom. The monoisotopic (exact) mass is 234 g/mol. The summed E-state index contributed by atoms with van der Waals surface area (Å²) in [6.07, 6.45) is 2.63. The van der Waals surface area contributed by atoms with Gasteiger partial charge in [0.15, 0.2) is 0 Å². The second kappa shape index (κ2) is 5.18. The van der Waals surface area contributed by atoms with E-state index in [9.17, 15) is 0 Å². The van der Waals surface area contributed by atoms with Gasteiger partial charge >= 0.3 is 0 Å². The van der Waals surface area contributed by atoms with Crippen LogP contribution in [0.4, 0.5) is 0 Å². The predicted octanol–water partition coefficient (Wildman–Crippen LogP) is 4.88. The van der Waals surface area contributed by atoms with E-state index in [4.69, 9.17) is 0 Å². The van der Waals surface area contributed by atoms with Crippen molar-refractivity contribution in [3.8, 4) is 0 Å². The Morgan fingerprint density at radius 3 is 1.88 bits per heavy atom. The van der Waals surface area contributed by atoms with E-state index in [1.54, 1.807) is 5.56 Å². The zero-order valence-electron chi connectivity index (χ0n) is 11.8. The molecule has 1 aromatic rings. The van der Waals surface area contributed by atoms with Crippen molar-refractivity contribution in [2.24, 2.45) is 0 Å². The van der Waals surface area contributed by atoms with Gasteiger partial charge in [0.2, 0.25) is 0 Å². The second-order valence-corrected chi connectivity index (χ2v) is 11.9. The quantitative estimate of drug-likeness (QED) is 0.651. The summed E-state index contributed by atoms with van der Waals surface area (Å²) in [5.41, 5.74) is 5.94. The van der Waals surface area contributed by atoms with Gasteiger partial charge in [0, 0.05) is 8.07 Å². The summed E-state index contributed by atoms with van der Waals surface area (Å²) in [6.45, 7) is 14.1. The van der Waals surface area contributed by atoms with Crippen LogP contribution in [0.5, 0.6) is 0 Å². The van der Waals surface area contributed by atoms with Crippen molar-refractivity contribution < 1.29 is 0 Å². The third-order valence-corrected chi connectivity index (χ3v) is 5.05. The van der Waals surface area contributed by atoms with Crippen LogP contribution in [0, 0.1) is 20.8 Å². The minimum Gasteiger partial charge on any atom is -0.0695 e. The van der Waals surface area contributed by atoms with Gasteiger partial charge in [-0.05, 0) is 43.9 Å². The Labute approximate surface area is 102 Å². The van der Waals surface area contributed by atoms with Gasteiger partial charge in [-0.15, -0.1) is 0 Å². The van der Waals surface area contributed by atoms with E-state index < -0.39 is 8.07 Å². The molecule has 0 radical (unpaired) electrons. The molecule has 0 aliphatic heterocycles. The van der Waals surface area contributed by atoms with Gasteiger partial charge in [-0.1, -0.05) is 49.8 Å². The van der Waals surface area contributed by atoms with Crippen LogP contribution in [0.15, 0.2) is 12.1 Å². The van der Waals surface area contributed by atoms with Crippen LogP contribution in [-0.4, -0.2) is 8.07 Å². The first-order valence-electron chi connectivity index (χ1n) is 6.36. The summed E-state index contributed by atoms with van der Waals surface area (Å²) >= 11 is 0. The van der Waals surface area contributed by atoms with Gasteiger partial charge in [0.25, 0.3) is 0 Å². The van der Waals surface area contributed by atoms with Crippen LogP contribution in [0.3, 0.4) is 0 Å². The van der Waals surface area contributed by atoms with E-state index in [1.165, 1.54) is 35.6 Å². The van der Waals surface area contributed by atoms with Crippen LogP contribution in [0.25, 0.3) is 0 Å². The normalized spacial score (nSPS) is 11.9. The van der Waals surface area contributed by atoms with Crippen molar-refractivity contribution in [2.75, 3.05) is 0 Å². The van der Waals surface area contributed by atoms with Crippen molar-refractivity contribution in [3.63, 3.8) is 0 Å². The highest BCUT2D eigenvalue weighted by Crippen LogP contribution is 2.20. The van der Waals surface area contributed by atoms with Crippen molar-refractivity contribution in [3.05, 3.63) is 34.4 Å². The highest BCUT2D eigenvalue weighted by atomic mass is 28.3. The Balaban J connectivity index is 2.68. The minimum atomic E-state index is -0.857. The molecule has 90 valence electrons. The maximum atomic E-state index is 2.46. The lowest BCUT2D eigenvalue weighted by Crippen LogP contribution is -2.19. The van der Waals surface area contributed by atoms with Crippen LogP contribution < -0.4 is 0 Å². The molecule has 0 saturated carbocycles. The number of benzene rings is 1. The first kappa shape index (κ1) is 13.5. The molecule has 0 amide bonds. The molecule has 0 heterocycles. The largest absolute Gasteiger partial charge is 0.0695 e. The molecule has 0 atom stereocenters. The van der Waals surface area contributed by atoms with E-state index >= 15 is 0 Å². The molecule has 1 rings (SSSR count). The summed E-state index contributed by atoms with van der Waals surface area (Å²) in [7, 11) is -0.857. The Bertz CT molecular complexity index is 335. The molecule has 0 bridgehead atoms. The Morgan fingerprint density at radius 2 is 1.44 bits per heavy atom. The molecule has 0 aliphatic carbocycles. The van der Waals surface area contributed by atoms with Crippen LogP contribution in [0.2, 0.25) is 25.7 Å². The first-order chi connectivity index (χ1) is 7.29. The van der Waals surface area contributed by atoms with Gasteiger partial charge < -0.3 is 0 Å². The van der Waals surface area contributed by atoms with Crippen molar-refractivity contribution >= 4 is 8.07 Å². The molecule has 0 N–H and O–H groups in total. The van der Waals surface area contributed by atoms with Gasteiger partial charge in [-0.25, -0.2) is 0 Å². The third-order valence-electron chi connectivity index (χ3n) is 3.19. The summed E-state index contributed by atoms with van der Waals surface area (Å²) in [5, 5.41) is 0. The molecule has 0 saturated heterocycles. The lowest BCUT2D eigenvalue weighted by Gasteiger charge is -2.17. The molecular weight excluding hydrogens is 208 g/mol. The third kappa shape index (κ3) is 4.13. The van der Waals surface area contributed by atoms with Crippen molar-refractivity contribution in [1.29, 1.82) is 0 Å². The molecule has 0 spiro atoms. The highest BCUT2D eigenvalue weighted by Gasteiger charge is 2.12. The number of rotatable bonds is 4. The molecule has 0 fully saturated rings. The Hall–Kier alpha value is -0.563. The van der Waals surface area contributed by atoms with Gasteiger partial charge in [-0.2, -0.15) is 0 Å². The first-order valence-corrected chi connectivity index (χ1v) is 10.1. The fraction of sp³-hybridized carbons (Fsp3) is 0.600. The zero-order chi connectivity index (χ0) is 12.3. The van der Waals surface area contributed by atoms with Gasteiger partial charge in [0.1, 0.15) is 0 Å². The van der Waals surface area contributed by atoms with E-state index in [0.717, 1.165) is 0 Å². The zero-order valence-corrected chi connectivity index (χ0v) is 12.8. The molecule has 0 aromatic heterocycles. The molecular formula is C15H26Si. The van der Waals surface area contributed by atoms with Crippen molar-refractivity contribution in [2.45, 2.75) is 59.3 Å². The maximum absolute atomic E-state index is 2.46. The second-order valence-electron chi connectivity index (χ2n) is 6.29. The molecule has 1 heteroatoms. The van der Waals surface area contributed by atoms with E-state index in [2.05, 4.69) is 52.5 Å². The fourth-order valence-electron chi connectivity index (χ4n) is 2.40. The number of aryl methyl sites for hydroxylation is 3. The van der Waals surface area contributed by atoms with Gasteiger partial charge in [0.05, 0.1) is 0 Å². The maximum Gasteiger partial charge on any atom is 0.0442 e. The molecule has 1 aromatic carbocycles. The van der Waals surface area contributed by atoms with Gasteiger partial charge in [-0.3, -0.25) is 0 Å². The molecule has 0 aliphatic rings. The molecule has 0 nitrogen and oxygen atoms in total. The highest BCUT2D eigenvalue weighted by molar-refractivity contribution is 6.76. The molecule has 0 unspecified atom stereocenters.